The van der Waals surface area contributed by atoms with E-state index in [1.807, 2.05) is 0 Å². The smallest absolute Gasteiger partial charge is 0.134 e. The first-order valence-corrected chi connectivity index (χ1v) is 15.7. The van der Waals surface area contributed by atoms with Crippen molar-refractivity contribution in [3.63, 3.8) is 0 Å². The molecule has 0 N–H and O–H groups in total. The highest BCUT2D eigenvalue weighted by Gasteiger charge is 2.13. The summed E-state index contributed by atoms with van der Waals surface area (Å²) < 4.78 is 11.8. The standard InChI is InChI=1S/C27H60NO2Si.ClH/c1-6-7-8-9-10-11-12-13-14-15-18-21-24-28(2,3)25-22-19-16-17-20-23-26-31-27(29-4)30-5;/h27H,6-26,31H2,1-5H3;1H/q+1;/p-1. The zero-order valence-corrected chi connectivity index (χ0v) is 24.9. The number of hydrogen-bond acceptors (Lipinski definition) is 2. The normalized spacial score (nSPS) is 12.2. The Hall–Kier alpha value is 0.387. The molecule has 0 spiro atoms. The molecule has 0 saturated heterocycles. The van der Waals surface area contributed by atoms with Gasteiger partial charge in [-0.3, -0.25) is 0 Å². The van der Waals surface area contributed by atoms with Crippen molar-refractivity contribution < 1.29 is 26.4 Å². The van der Waals surface area contributed by atoms with Crippen molar-refractivity contribution in [3.05, 3.63) is 0 Å². The Labute approximate surface area is 211 Å². The Morgan fingerprint density at radius 2 is 0.906 bits per heavy atom. The number of halogens is 1. The number of ether oxygens (including phenoxy) is 2. The monoisotopic (exact) mass is 493 g/mol. The van der Waals surface area contributed by atoms with Crippen molar-refractivity contribution in [2.75, 3.05) is 41.4 Å². The van der Waals surface area contributed by atoms with Crippen LogP contribution in [0.1, 0.15) is 122 Å². The molecule has 0 aromatic heterocycles. The molecule has 0 aromatic carbocycles. The molecule has 0 fully saturated rings. The molecule has 0 heterocycles. The molecule has 0 bridgehead atoms. The van der Waals surface area contributed by atoms with Crippen LogP contribution in [0.4, 0.5) is 0 Å². The minimum absolute atomic E-state index is 0. The van der Waals surface area contributed by atoms with E-state index in [2.05, 4.69) is 21.0 Å². The van der Waals surface area contributed by atoms with E-state index in [1.165, 1.54) is 139 Å². The van der Waals surface area contributed by atoms with E-state index in [1.54, 1.807) is 14.2 Å². The molecule has 3 nitrogen and oxygen atoms in total. The van der Waals surface area contributed by atoms with Crippen LogP contribution < -0.4 is 12.4 Å². The van der Waals surface area contributed by atoms with Crippen LogP contribution in [0.25, 0.3) is 0 Å². The van der Waals surface area contributed by atoms with Gasteiger partial charge < -0.3 is 26.4 Å². The van der Waals surface area contributed by atoms with Crippen LogP contribution in [0.5, 0.6) is 0 Å². The van der Waals surface area contributed by atoms with Gasteiger partial charge in [-0.05, 0) is 25.7 Å². The Kier molecular flexibility index (Phi) is 28.1. The summed E-state index contributed by atoms with van der Waals surface area (Å²) in [5.41, 5.74) is 0. The van der Waals surface area contributed by atoms with Gasteiger partial charge in [0.05, 0.1) is 36.7 Å². The van der Waals surface area contributed by atoms with Gasteiger partial charge in [-0.15, -0.1) is 0 Å². The van der Waals surface area contributed by atoms with E-state index in [0.29, 0.717) is 0 Å². The van der Waals surface area contributed by atoms with Gasteiger partial charge in [-0.25, -0.2) is 0 Å². The first kappa shape index (κ1) is 34.6. The highest BCUT2D eigenvalue weighted by molar-refractivity contribution is 6.36. The third-order valence-corrected chi connectivity index (χ3v) is 8.89. The molecule has 0 aliphatic carbocycles. The van der Waals surface area contributed by atoms with Gasteiger partial charge in [-0.2, -0.15) is 0 Å². The molecule has 0 aliphatic heterocycles. The van der Waals surface area contributed by atoms with Gasteiger partial charge in [0.2, 0.25) is 0 Å². The number of quaternary nitrogens is 1. The Balaban J connectivity index is 0. The maximum Gasteiger partial charge on any atom is 0.134 e. The highest BCUT2D eigenvalue weighted by Crippen LogP contribution is 2.14. The van der Waals surface area contributed by atoms with Crippen molar-refractivity contribution in [2.24, 2.45) is 0 Å². The first-order chi connectivity index (χ1) is 15.1. The summed E-state index contributed by atoms with van der Waals surface area (Å²) in [5, 5.41) is 0. The molecule has 5 heteroatoms. The summed E-state index contributed by atoms with van der Waals surface area (Å²) in [5.74, 6) is 0.130. The molecule has 0 amide bonds. The van der Waals surface area contributed by atoms with Gasteiger partial charge in [0.1, 0.15) is 5.91 Å². The molecular weight excluding hydrogens is 434 g/mol. The van der Waals surface area contributed by atoms with Gasteiger partial charge >= 0.3 is 0 Å². The number of nitrogens with zero attached hydrogens (tertiary/aromatic N) is 1. The maximum absolute atomic E-state index is 5.30. The fourth-order valence-electron chi connectivity index (χ4n) is 4.56. The number of unbranched alkanes of at least 4 members (excludes halogenated alkanes) is 16. The summed E-state index contributed by atoms with van der Waals surface area (Å²) in [6, 6.07) is 1.36. The molecule has 0 rings (SSSR count). The summed E-state index contributed by atoms with van der Waals surface area (Å²) in [7, 11) is 8.19. The van der Waals surface area contributed by atoms with Crippen LogP contribution in [0.2, 0.25) is 6.04 Å². The summed E-state index contributed by atoms with van der Waals surface area (Å²) in [6.07, 6.45) is 25.8. The minimum atomic E-state index is -0.207. The zero-order chi connectivity index (χ0) is 23.0. The van der Waals surface area contributed by atoms with Crippen molar-refractivity contribution in [3.8, 4) is 0 Å². The fourth-order valence-corrected chi connectivity index (χ4v) is 6.01. The number of hydrogen-bond donors (Lipinski definition) is 0. The molecule has 32 heavy (non-hydrogen) atoms. The average Bonchev–Trinajstić information content (AvgIpc) is 2.76. The lowest BCUT2D eigenvalue weighted by Gasteiger charge is -2.30. The third-order valence-electron chi connectivity index (χ3n) is 6.85. The van der Waals surface area contributed by atoms with Gasteiger partial charge in [-0.1, -0.05) is 103 Å². The lowest BCUT2D eigenvalue weighted by molar-refractivity contribution is -0.890. The second kappa shape index (κ2) is 26.0. The zero-order valence-electron chi connectivity index (χ0n) is 22.8. The molecular formula is C27H60ClNO2Si. The van der Waals surface area contributed by atoms with Crippen LogP contribution in [-0.2, 0) is 9.47 Å². The van der Waals surface area contributed by atoms with Crippen LogP contribution in [0.3, 0.4) is 0 Å². The van der Waals surface area contributed by atoms with E-state index >= 15 is 0 Å². The Morgan fingerprint density at radius 1 is 0.562 bits per heavy atom. The predicted molar refractivity (Wildman–Crippen MR) is 142 cm³/mol. The summed E-state index contributed by atoms with van der Waals surface area (Å²) in [6.45, 7) is 5.02. The van der Waals surface area contributed by atoms with Gasteiger partial charge in [0.25, 0.3) is 0 Å². The molecule has 0 atom stereocenters. The second-order valence-electron chi connectivity index (χ2n) is 10.4. The largest absolute Gasteiger partial charge is 1.00 e. The Morgan fingerprint density at radius 3 is 1.28 bits per heavy atom. The quantitative estimate of drug-likeness (QED) is 0.0817. The van der Waals surface area contributed by atoms with Crippen LogP contribution in [0, 0.1) is 0 Å². The van der Waals surface area contributed by atoms with Crippen LogP contribution >= 0.6 is 0 Å². The van der Waals surface area contributed by atoms with E-state index in [-0.39, 0.29) is 27.8 Å². The van der Waals surface area contributed by atoms with Crippen molar-refractivity contribution >= 4 is 9.52 Å². The van der Waals surface area contributed by atoms with Crippen molar-refractivity contribution in [1.29, 1.82) is 0 Å². The van der Waals surface area contributed by atoms with E-state index < -0.39 is 0 Å². The molecule has 0 radical (unpaired) electrons. The summed E-state index contributed by atoms with van der Waals surface area (Å²) in [4.78, 5) is 0. The number of rotatable bonds is 25. The lowest BCUT2D eigenvalue weighted by atomic mass is 10.1. The van der Waals surface area contributed by atoms with E-state index in [9.17, 15) is 0 Å². The van der Waals surface area contributed by atoms with Crippen LogP contribution in [-0.4, -0.2) is 61.3 Å². The van der Waals surface area contributed by atoms with Crippen molar-refractivity contribution in [2.45, 2.75) is 134 Å². The molecule has 0 unspecified atom stereocenters. The minimum Gasteiger partial charge on any atom is -1.00 e. The average molecular weight is 494 g/mol. The second-order valence-corrected chi connectivity index (χ2v) is 12.4. The Bertz CT molecular complexity index is 355. The predicted octanol–water partition coefficient (Wildman–Crippen LogP) is 4.27. The summed E-state index contributed by atoms with van der Waals surface area (Å²) >= 11 is 0. The highest BCUT2D eigenvalue weighted by atomic mass is 35.5. The van der Waals surface area contributed by atoms with Crippen molar-refractivity contribution in [1.82, 2.24) is 0 Å². The topological polar surface area (TPSA) is 18.5 Å². The molecule has 0 aromatic rings. The van der Waals surface area contributed by atoms with E-state index in [0.717, 1.165) is 0 Å². The molecule has 0 saturated carbocycles. The maximum atomic E-state index is 5.30. The fraction of sp³-hybridized carbons (Fsp3) is 1.00. The lowest BCUT2D eigenvalue weighted by Crippen LogP contribution is -3.00. The first-order valence-electron chi connectivity index (χ1n) is 13.9. The van der Waals surface area contributed by atoms with E-state index in [4.69, 9.17) is 9.47 Å². The molecule has 0 aliphatic rings. The van der Waals surface area contributed by atoms with Gasteiger partial charge in [0.15, 0.2) is 0 Å². The molecule has 196 valence electrons. The van der Waals surface area contributed by atoms with Gasteiger partial charge in [0, 0.05) is 14.2 Å². The van der Waals surface area contributed by atoms with Crippen LogP contribution in [0.15, 0.2) is 0 Å². The third kappa shape index (κ3) is 25.0. The SMILES string of the molecule is CCCCCCCCCCCCCC[N+](C)(C)CCCCCCCC[SiH2]C(OC)OC.[Cl-]. The number of methoxy groups -OCH3 is 2.